The maximum Gasteiger partial charge on any atom is 0.0788 e. The lowest BCUT2D eigenvalue weighted by atomic mass is 11.2. The molecular weight excluding hydrogens is 92.1 g/mol. The molecule has 0 heterocycles. The van der Waals surface area contributed by atoms with Crippen LogP contribution in [0, 0.1) is 10.8 Å². The molecule has 0 aliphatic carbocycles. The molecule has 0 radical (unpaired) electrons. The van der Waals surface area contributed by atoms with Crippen LogP contribution in [0.15, 0.2) is 0 Å². The molecule has 0 atom stereocenters. The van der Waals surface area contributed by atoms with Crippen molar-refractivity contribution in [2.75, 3.05) is 7.05 Å². The van der Waals surface area contributed by atoms with Gasteiger partial charge in [-0.2, -0.15) is 0 Å². The molecule has 0 aliphatic rings. The number of nitrogens with two attached hydrogens (primary N) is 1. The molecule has 0 saturated heterocycles. The Kier molecular flexibility index (Phi) is 27.2. The number of hydrogen-bond acceptors (Lipinski definition) is 2. The maximum absolute atomic E-state index is 6.22. The number of rotatable bonds is 1. The van der Waals surface area contributed by atoms with Crippen LogP contribution in [0.4, 0.5) is 0 Å². The normalized spacial score (nSPS) is 4.71. The van der Waals surface area contributed by atoms with E-state index in [0.717, 1.165) is 12.7 Å². The Hall–Kier alpha value is -1.06. The Morgan fingerprint density at radius 3 is 1.71 bits per heavy atom. The molecule has 7 heavy (non-hydrogen) atoms. The first-order valence-corrected chi connectivity index (χ1v) is 1.70. The Balaban J connectivity index is 0. The van der Waals surface area contributed by atoms with Gasteiger partial charge in [0.15, 0.2) is 0 Å². The molecular formula is C3H10N4. The third kappa shape index (κ3) is 11900. The summed E-state index contributed by atoms with van der Waals surface area (Å²) in [5.74, 6) is 0. The van der Waals surface area contributed by atoms with E-state index in [-0.39, 0.29) is 0 Å². The Morgan fingerprint density at radius 2 is 1.71 bits per heavy atom. The van der Waals surface area contributed by atoms with Gasteiger partial charge in [0.25, 0.3) is 0 Å². The van der Waals surface area contributed by atoms with Crippen molar-refractivity contribution < 1.29 is 0 Å². The smallest absolute Gasteiger partial charge is 0.0788 e. The summed E-state index contributed by atoms with van der Waals surface area (Å²) < 4.78 is 0. The summed E-state index contributed by atoms with van der Waals surface area (Å²) in [5.41, 5.74) is 4.39. The summed E-state index contributed by atoms with van der Waals surface area (Å²) >= 11 is 0. The van der Waals surface area contributed by atoms with Crippen LogP contribution in [-0.4, -0.2) is 19.7 Å². The van der Waals surface area contributed by atoms with Crippen LogP contribution in [0.3, 0.4) is 0 Å². The highest BCUT2D eigenvalue weighted by Gasteiger charge is 1.37. The van der Waals surface area contributed by atoms with Crippen LogP contribution in [0.5, 0.6) is 0 Å². The molecule has 0 amide bonds. The van der Waals surface area contributed by atoms with E-state index in [2.05, 4.69) is 11.1 Å². The summed E-state index contributed by atoms with van der Waals surface area (Å²) in [7, 11) is 1.69. The van der Waals surface area contributed by atoms with Gasteiger partial charge < -0.3 is 11.1 Å². The van der Waals surface area contributed by atoms with Crippen LogP contribution in [0.2, 0.25) is 0 Å². The van der Waals surface area contributed by atoms with Gasteiger partial charge in [0, 0.05) is 7.05 Å². The maximum atomic E-state index is 6.22. The third-order valence-electron chi connectivity index (χ3n) is 0.144. The van der Waals surface area contributed by atoms with Gasteiger partial charge in [-0.1, -0.05) is 0 Å². The molecule has 0 fully saturated rings. The van der Waals surface area contributed by atoms with E-state index in [4.69, 9.17) is 10.8 Å². The number of hydrogen-bond donors (Lipinski definition) is 4. The van der Waals surface area contributed by atoms with Gasteiger partial charge in [-0.05, 0) is 0 Å². The molecule has 0 aromatic rings. The van der Waals surface area contributed by atoms with Crippen LogP contribution >= 0.6 is 0 Å². The standard InChI is InChI=1S/C2H6N2.CH4N2/c1-4-2-3;2-1-3/h2H,1H3,(H2,3,4);1H,(H3,2,3). The van der Waals surface area contributed by atoms with Gasteiger partial charge in [-0.3, -0.25) is 10.8 Å². The van der Waals surface area contributed by atoms with Gasteiger partial charge in [-0.15, -0.1) is 0 Å². The number of nitrogens with one attached hydrogen (secondary N) is 3. The lowest BCUT2D eigenvalue weighted by Gasteiger charge is -1.68. The van der Waals surface area contributed by atoms with Gasteiger partial charge in [0.1, 0.15) is 0 Å². The van der Waals surface area contributed by atoms with Gasteiger partial charge >= 0.3 is 0 Å². The van der Waals surface area contributed by atoms with E-state index in [1.807, 2.05) is 0 Å². The average molecular weight is 102 g/mol. The Morgan fingerprint density at radius 1 is 1.57 bits per heavy atom. The first-order valence-electron chi connectivity index (χ1n) is 1.70. The van der Waals surface area contributed by atoms with Crippen LogP contribution in [-0.2, 0) is 0 Å². The highest BCUT2D eigenvalue weighted by atomic mass is 14.8. The van der Waals surface area contributed by atoms with E-state index in [9.17, 15) is 0 Å². The van der Waals surface area contributed by atoms with Crippen molar-refractivity contribution in [3.05, 3.63) is 0 Å². The van der Waals surface area contributed by atoms with Gasteiger partial charge in [0.2, 0.25) is 0 Å². The second kappa shape index (κ2) is 20.4. The quantitative estimate of drug-likeness (QED) is 0.262. The van der Waals surface area contributed by atoms with Crippen molar-refractivity contribution in [3.8, 4) is 0 Å². The zero-order valence-corrected chi connectivity index (χ0v) is 4.23. The van der Waals surface area contributed by atoms with Gasteiger partial charge in [-0.25, -0.2) is 0 Å². The second-order valence-electron chi connectivity index (χ2n) is 0.600. The largest absolute Gasteiger partial charge is 0.390 e. The van der Waals surface area contributed by atoms with E-state index >= 15 is 0 Å². The summed E-state index contributed by atoms with van der Waals surface area (Å²) in [6.45, 7) is 0. The SMILES string of the molecule is CNC=N.N=CN. The summed E-state index contributed by atoms with van der Waals surface area (Å²) in [5, 5.41) is 14.5. The van der Waals surface area contributed by atoms with Crippen molar-refractivity contribution in [1.29, 1.82) is 10.8 Å². The molecule has 0 spiro atoms. The fraction of sp³-hybridized carbons (Fsp3) is 0.333. The lowest BCUT2D eigenvalue weighted by molar-refractivity contribution is 1.19. The molecule has 0 aromatic heterocycles. The fourth-order valence-corrected chi connectivity index (χ4v) is 0. The zero-order valence-electron chi connectivity index (χ0n) is 4.23. The van der Waals surface area contributed by atoms with Crippen LogP contribution in [0.1, 0.15) is 0 Å². The summed E-state index contributed by atoms with van der Waals surface area (Å²) in [4.78, 5) is 0. The lowest BCUT2D eigenvalue weighted by Crippen LogP contribution is -1.97. The molecule has 5 N–H and O–H groups in total. The molecule has 4 nitrogen and oxygen atoms in total. The Bertz CT molecular complexity index is 42.2. The predicted octanol–water partition coefficient (Wildman–Crippen LogP) is -0.635. The molecule has 0 aliphatic heterocycles. The second-order valence-corrected chi connectivity index (χ2v) is 0.600. The highest BCUT2D eigenvalue weighted by Crippen LogP contribution is 1.13. The van der Waals surface area contributed by atoms with Crippen LogP contribution in [0.25, 0.3) is 0 Å². The molecule has 0 saturated carbocycles. The zero-order chi connectivity index (χ0) is 6.12. The molecule has 0 bridgehead atoms. The monoisotopic (exact) mass is 102 g/mol. The molecule has 42 valence electrons. The molecule has 0 unspecified atom stereocenters. The first-order chi connectivity index (χ1) is 3.33. The summed E-state index contributed by atoms with van der Waals surface area (Å²) in [6.07, 6.45) is 1.88. The van der Waals surface area contributed by atoms with Crippen molar-refractivity contribution in [1.82, 2.24) is 5.32 Å². The van der Waals surface area contributed by atoms with Crippen LogP contribution < -0.4 is 11.1 Å². The van der Waals surface area contributed by atoms with E-state index < -0.39 is 0 Å². The molecule has 0 aromatic carbocycles. The topological polar surface area (TPSA) is 85.8 Å². The predicted molar refractivity (Wildman–Crippen MR) is 30.8 cm³/mol. The fourth-order valence-electron chi connectivity index (χ4n) is 0. The van der Waals surface area contributed by atoms with E-state index in [0.29, 0.717) is 0 Å². The minimum Gasteiger partial charge on any atom is -0.390 e. The average Bonchev–Trinajstić information content (AvgIpc) is 1.69. The van der Waals surface area contributed by atoms with Crippen molar-refractivity contribution in [2.24, 2.45) is 5.73 Å². The highest BCUT2D eigenvalue weighted by molar-refractivity contribution is 5.48. The first kappa shape index (κ1) is 9.34. The van der Waals surface area contributed by atoms with E-state index in [1.165, 1.54) is 0 Å². The molecule has 4 heteroatoms. The van der Waals surface area contributed by atoms with Crippen molar-refractivity contribution in [3.63, 3.8) is 0 Å². The minimum absolute atomic E-state index is 0.750. The van der Waals surface area contributed by atoms with Crippen molar-refractivity contribution in [2.45, 2.75) is 0 Å². The Labute approximate surface area is 42.7 Å². The van der Waals surface area contributed by atoms with Crippen molar-refractivity contribution >= 4 is 12.7 Å². The minimum atomic E-state index is 0.750. The van der Waals surface area contributed by atoms with E-state index in [1.54, 1.807) is 7.05 Å². The summed E-state index contributed by atoms with van der Waals surface area (Å²) in [6, 6.07) is 0. The molecule has 0 rings (SSSR count). The third-order valence-corrected chi connectivity index (χ3v) is 0.144. The van der Waals surface area contributed by atoms with Gasteiger partial charge in [0.05, 0.1) is 12.7 Å².